The van der Waals surface area contributed by atoms with Gasteiger partial charge in [-0.15, -0.1) is 0 Å². The van der Waals surface area contributed by atoms with Crippen LogP contribution in [0.25, 0.3) is 0 Å². The second kappa shape index (κ2) is 5.35. The standard InChI is InChI=1S/C11H20N2O3S/c14-11(10-3-1-2-5-12-10)13-7-9-4-6-17(15,16)8-9/h9-10,12H,1-8H2,(H,13,14). The lowest BCUT2D eigenvalue weighted by molar-refractivity contribution is -0.123. The summed E-state index contributed by atoms with van der Waals surface area (Å²) < 4.78 is 22.5. The van der Waals surface area contributed by atoms with Crippen molar-refractivity contribution in [2.75, 3.05) is 24.6 Å². The van der Waals surface area contributed by atoms with Crippen LogP contribution in [0.3, 0.4) is 0 Å². The smallest absolute Gasteiger partial charge is 0.237 e. The van der Waals surface area contributed by atoms with Gasteiger partial charge < -0.3 is 10.6 Å². The molecule has 2 aliphatic rings. The van der Waals surface area contributed by atoms with Crippen molar-refractivity contribution >= 4 is 15.7 Å². The zero-order chi connectivity index (χ0) is 12.3. The average Bonchev–Trinajstić information content (AvgIpc) is 2.67. The number of sulfone groups is 1. The highest BCUT2D eigenvalue weighted by molar-refractivity contribution is 7.91. The lowest BCUT2D eigenvalue weighted by Crippen LogP contribution is -2.47. The van der Waals surface area contributed by atoms with E-state index in [1.807, 2.05) is 0 Å². The Bertz CT molecular complexity index is 374. The first kappa shape index (κ1) is 12.8. The molecule has 2 N–H and O–H groups in total. The van der Waals surface area contributed by atoms with Crippen molar-refractivity contribution in [3.05, 3.63) is 0 Å². The Labute approximate surface area is 102 Å². The highest BCUT2D eigenvalue weighted by atomic mass is 32.2. The number of amides is 1. The largest absolute Gasteiger partial charge is 0.354 e. The summed E-state index contributed by atoms with van der Waals surface area (Å²) in [5.74, 6) is 0.627. The molecule has 2 aliphatic heterocycles. The Hall–Kier alpha value is -0.620. The molecule has 5 nitrogen and oxygen atoms in total. The molecule has 0 spiro atoms. The molecule has 2 heterocycles. The number of carbonyl (C=O) groups is 1. The first-order valence-electron chi connectivity index (χ1n) is 6.28. The molecule has 2 rings (SSSR count). The Morgan fingerprint density at radius 2 is 2.12 bits per heavy atom. The van der Waals surface area contributed by atoms with Gasteiger partial charge in [0.25, 0.3) is 0 Å². The summed E-state index contributed by atoms with van der Waals surface area (Å²) >= 11 is 0. The van der Waals surface area contributed by atoms with Crippen LogP contribution in [-0.4, -0.2) is 45.0 Å². The van der Waals surface area contributed by atoms with Crippen molar-refractivity contribution in [1.82, 2.24) is 10.6 Å². The number of piperidine rings is 1. The van der Waals surface area contributed by atoms with E-state index >= 15 is 0 Å². The van der Waals surface area contributed by atoms with E-state index in [-0.39, 0.29) is 29.4 Å². The normalized spacial score (nSPS) is 32.2. The Morgan fingerprint density at radius 3 is 2.71 bits per heavy atom. The van der Waals surface area contributed by atoms with Gasteiger partial charge in [0.2, 0.25) is 5.91 Å². The van der Waals surface area contributed by atoms with Crippen molar-refractivity contribution in [3.63, 3.8) is 0 Å². The molecule has 2 fully saturated rings. The highest BCUT2D eigenvalue weighted by Crippen LogP contribution is 2.17. The Kier molecular flexibility index (Phi) is 4.04. The number of carbonyl (C=O) groups excluding carboxylic acids is 1. The number of nitrogens with one attached hydrogen (secondary N) is 2. The minimum Gasteiger partial charge on any atom is -0.354 e. The molecule has 2 unspecified atom stereocenters. The van der Waals surface area contributed by atoms with Gasteiger partial charge in [-0.05, 0) is 31.7 Å². The van der Waals surface area contributed by atoms with Gasteiger partial charge in [-0.25, -0.2) is 8.42 Å². The zero-order valence-corrected chi connectivity index (χ0v) is 10.8. The Balaban J connectivity index is 1.73. The van der Waals surface area contributed by atoms with Crippen molar-refractivity contribution < 1.29 is 13.2 Å². The molecule has 0 saturated carbocycles. The summed E-state index contributed by atoms with van der Waals surface area (Å²) in [4.78, 5) is 11.8. The molecule has 2 atom stereocenters. The zero-order valence-electron chi connectivity index (χ0n) is 9.94. The van der Waals surface area contributed by atoms with Crippen LogP contribution in [0, 0.1) is 5.92 Å². The van der Waals surface area contributed by atoms with E-state index in [1.165, 1.54) is 0 Å². The molecule has 0 aromatic rings. The van der Waals surface area contributed by atoms with Crippen LogP contribution >= 0.6 is 0 Å². The van der Waals surface area contributed by atoms with E-state index in [2.05, 4.69) is 10.6 Å². The first-order valence-corrected chi connectivity index (χ1v) is 8.10. The van der Waals surface area contributed by atoms with Gasteiger partial charge in [-0.2, -0.15) is 0 Å². The monoisotopic (exact) mass is 260 g/mol. The maximum Gasteiger partial charge on any atom is 0.237 e. The summed E-state index contributed by atoms with van der Waals surface area (Å²) in [6.07, 6.45) is 3.78. The molecule has 0 aromatic carbocycles. The second-order valence-corrected chi connectivity index (χ2v) is 7.25. The maximum absolute atomic E-state index is 11.8. The van der Waals surface area contributed by atoms with E-state index in [1.54, 1.807) is 0 Å². The van der Waals surface area contributed by atoms with E-state index in [0.717, 1.165) is 25.8 Å². The van der Waals surface area contributed by atoms with E-state index in [9.17, 15) is 13.2 Å². The topological polar surface area (TPSA) is 75.3 Å². The fraction of sp³-hybridized carbons (Fsp3) is 0.909. The first-order chi connectivity index (χ1) is 8.07. The molecule has 2 saturated heterocycles. The van der Waals surface area contributed by atoms with Gasteiger partial charge in [0, 0.05) is 6.54 Å². The summed E-state index contributed by atoms with van der Waals surface area (Å²) in [5.41, 5.74) is 0. The van der Waals surface area contributed by atoms with E-state index in [4.69, 9.17) is 0 Å². The Morgan fingerprint density at radius 1 is 1.29 bits per heavy atom. The summed E-state index contributed by atoms with van der Waals surface area (Å²) in [7, 11) is -2.84. The predicted octanol–water partition coefficient (Wildman–Crippen LogP) is -0.321. The van der Waals surface area contributed by atoms with Crippen LogP contribution in [0.1, 0.15) is 25.7 Å². The molecule has 0 aromatic heterocycles. The molecular formula is C11H20N2O3S. The third kappa shape index (κ3) is 3.67. The highest BCUT2D eigenvalue weighted by Gasteiger charge is 2.29. The van der Waals surface area contributed by atoms with Gasteiger partial charge >= 0.3 is 0 Å². The third-order valence-corrected chi connectivity index (χ3v) is 5.36. The molecular weight excluding hydrogens is 240 g/mol. The van der Waals surface area contributed by atoms with Gasteiger partial charge in [0.05, 0.1) is 17.5 Å². The maximum atomic E-state index is 11.8. The van der Waals surface area contributed by atoms with Gasteiger partial charge in [0.1, 0.15) is 0 Å². The summed E-state index contributed by atoms with van der Waals surface area (Å²) in [6, 6.07) is -0.0817. The third-order valence-electron chi connectivity index (χ3n) is 3.52. The molecule has 98 valence electrons. The SMILES string of the molecule is O=C(NCC1CCS(=O)(=O)C1)C1CCCCN1. The van der Waals surface area contributed by atoms with Gasteiger partial charge in [-0.1, -0.05) is 6.42 Å². The lowest BCUT2D eigenvalue weighted by Gasteiger charge is -2.23. The molecule has 0 radical (unpaired) electrons. The van der Waals surface area contributed by atoms with Crippen LogP contribution in [0.4, 0.5) is 0 Å². The molecule has 0 aliphatic carbocycles. The molecule has 6 heteroatoms. The van der Waals surface area contributed by atoms with Crippen molar-refractivity contribution in [2.24, 2.45) is 5.92 Å². The minimum atomic E-state index is -2.84. The molecule has 17 heavy (non-hydrogen) atoms. The van der Waals surface area contributed by atoms with Crippen LogP contribution in [0.15, 0.2) is 0 Å². The van der Waals surface area contributed by atoms with Gasteiger partial charge in [-0.3, -0.25) is 4.79 Å². The second-order valence-electron chi connectivity index (χ2n) is 5.02. The quantitative estimate of drug-likeness (QED) is 0.729. The van der Waals surface area contributed by atoms with Crippen LogP contribution in [0.5, 0.6) is 0 Å². The number of hydrogen-bond acceptors (Lipinski definition) is 4. The number of rotatable bonds is 3. The predicted molar refractivity (Wildman–Crippen MR) is 65.4 cm³/mol. The molecule has 0 bridgehead atoms. The fourth-order valence-corrected chi connectivity index (χ4v) is 4.34. The summed E-state index contributed by atoms with van der Waals surface area (Å²) in [6.45, 7) is 1.39. The minimum absolute atomic E-state index is 0.0222. The van der Waals surface area contributed by atoms with Crippen molar-refractivity contribution in [3.8, 4) is 0 Å². The van der Waals surface area contributed by atoms with Crippen LogP contribution < -0.4 is 10.6 Å². The summed E-state index contributed by atoms with van der Waals surface area (Å²) in [5, 5.41) is 6.05. The van der Waals surface area contributed by atoms with E-state index < -0.39 is 9.84 Å². The van der Waals surface area contributed by atoms with Crippen LogP contribution in [0.2, 0.25) is 0 Å². The average molecular weight is 260 g/mol. The van der Waals surface area contributed by atoms with Crippen molar-refractivity contribution in [2.45, 2.75) is 31.7 Å². The van der Waals surface area contributed by atoms with Crippen LogP contribution in [-0.2, 0) is 14.6 Å². The van der Waals surface area contributed by atoms with E-state index in [0.29, 0.717) is 13.0 Å². The van der Waals surface area contributed by atoms with Gasteiger partial charge in [0.15, 0.2) is 9.84 Å². The van der Waals surface area contributed by atoms with Crippen molar-refractivity contribution in [1.29, 1.82) is 0 Å². The fourth-order valence-electron chi connectivity index (χ4n) is 2.48. The number of hydrogen-bond donors (Lipinski definition) is 2. The lowest BCUT2D eigenvalue weighted by atomic mass is 10.0. The molecule has 1 amide bonds.